The van der Waals surface area contributed by atoms with Gasteiger partial charge in [0.15, 0.2) is 0 Å². The lowest BCUT2D eigenvalue weighted by atomic mass is 10.1. The van der Waals surface area contributed by atoms with E-state index in [0.29, 0.717) is 22.2 Å². The molecule has 1 unspecified atom stereocenters. The van der Waals surface area contributed by atoms with Crippen molar-refractivity contribution in [2.75, 3.05) is 13.2 Å². The van der Waals surface area contributed by atoms with Crippen molar-refractivity contribution in [1.29, 1.82) is 0 Å². The number of nitrogens with one attached hydrogen (secondary N) is 1. The predicted molar refractivity (Wildman–Crippen MR) is 70.6 cm³/mol. The number of aliphatic hydroxyl groups excluding tert-OH is 2. The van der Waals surface area contributed by atoms with Gasteiger partial charge in [0.25, 0.3) is 0 Å². The van der Waals surface area contributed by atoms with Crippen molar-refractivity contribution in [3.8, 4) is 0 Å². The minimum Gasteiger partial charge on any atom is -0.394 e. The van der Waals surface area contributed by atoms with E-state index in [1.165, 1.54) is 0 Å². The quantitative estimate of drug-likeness (QED) is 0.775. The Balaban J connectivity index is 2.64. The van der Waals surface area contributed by atoms with E-state index in [1.54, 1.807) is 18.2 Å². The SMILES string of the molecule is CC(C)(CO)NCC(O)c1ccc(Cl)c(Cl)c1. The molecule has 0 amide bonds. The molecule has 96 valence electrons. The molecule has 0 saturated carbocycles. The Hall–Kier alpha value is -0.320. The second kappa shape index (κ2) is 6.03. The standard InChI is InChI=1S/C12H17Cl2NO2/c1-12(2,7-16)15-6-11(17)8-3-4-9(13)10(14)5-8/h3-5,11,15-17H,6-7H2,1-2H3. The molecule has 3 nitrogen and oxygen atoms in total. The van der Waals surface area contributed by atoms with E-state index < -0.39 is 11.6 Å². The van der Waals surface area contributed by atoms with Gasteiger partial charge >= 0.3 is 0 Å². The fraction of sp³-hybridized carbons (Fsp3) is 0.500. The molecule has 0 fully saturated rings. The third-order valence-electron chi connectivity index (χ3n) is 2.50. The summed E-state index contributed by atoms with van der Waals surface area (Å²) in [5.74, 6) is 0. The third kappa shape index (κ3) is 4.45. The van der Waals surface area contributed by atoms with Crippen molar-refractivity contribution in [2.24, 2.45) is 0 Å². The Morgan fingerprint density at radius 3 is 2.47 bits per heavy atom. The summed E-state index contributed by atoms with van der Waals surface area (Å²) >= 11 is 11.7. The van der Waals surface area contributed by atoms with Crippen LogP contribution in [0, 0.1) is 0 Å². The number of benzene rings is 1. The molecule has 1 atom stereocenters. The molecule has 5 heteroatoms. The smallest absolute Gasteiger partial charge is 0.0915 e. The summed E-state index contributed by atoms with van der Waals surface area (Å²) in [4.78, 5) is 0. The van der Waals surface area contributed by atoms with Gasteiger partial charge < -0.3 is 15.5 Å². The van der Waals surface area contributed by atoms with Gasteiger partial charge in [0.05, 0.1) is 22.8 Å². The molecule has 0 saturated heterocycles. The van der Waals surface area contributed by atoms with Gasteiger partial charge in [0, 0.05) is 12.1 Å². The van der Waals surface area contributed by atoms with E-state index >= 15 is 0 Å². The zero-order valence-electron chi connectivity index (χ0n) is 9.87. The maximum absolute atomic E-state index is 9.95. The second-order valence-electron chi connectivity index (χ2n) is 4.61. The molecule has 3 N–H and O–H groups in total. The lowest BCUT2D eigenvalue weighted by Crippen LogP contribution is -2.44. The minimum atomic E-state index is -0.685. The normalized spacial score (nSPS) is 13.8. The summed E-state index contributed by atoms with van der Waals surface area (Å²) < 4.78 is 0. The van der Waals surface area contributed by atoms with E-state index in [2.05, 4.69) is 5.32 Å². The molecule has 0 bridgehead atoms. The lowest BCUT2D eigenvalue weighted by molar-refractivity contribution is 0.136. The number of β-amino-alcohol motifs (C(OH)–C–C–N with tert-alkyl or cyclic N) is 1. The van der Waals surface area contributed by atoms with Gasteiger partial charge in [-0.25, -0.2) is 0 Å². The highest BCUT2D eigenvalue weighted by Gasteiger charge is 2.18. The Morgan fingerprint density at radius 1 is 1.29 bits per heavy atom. The van der Waals surface area contributed by atoms with E-state index in [-0.39, 0.29) is 6.61 Å². The van der Waals surface area contributed by atoms with Gasteiger partial charge in [-0.3, -0.25) is 0 Å². The summed E-state index contributed by atoms with van der Waals surface area (Å²) in [7, 11) is 0. The minimum absolute atomic E-state index is 0.00109. The molecule has 0 aliphatic rings. The average Bonchev–Trinajstić information content (AvgIpc) is 2.30. The zero-order valence-corrected chi connectivity index (χ0v) is 11.4. The van der Waals surface area contributed by atoms with Gasteiger partial charge in [-0.15, -0.1) is 0 Å². The topological polar surface area (TPSA) is 52.5 Å². The first-order chi connectivity index (χ1) is 7.85. The van der Waals surface area contributed by atoms with Crippen molar-refractivity contribution in [1.82, 2.24) is 5.32 Å². The van der Waals surface area contributed by atoms with Crippen LogP contribution in [0.4, 0.5) is 0 Å². The number of rotatable bonds is 5. The Labute approximate surface area is 111 Å². The number of hydrogen-bond donors (Lipinski definition) is 3. The van der Waals surface area contributed by atoms with E-state index in [1.807, 2.05) is 13.8 Å². The predicted octanol–water partition coefficient (Wildman–Crippen LogP) is 2.39. The zero-order chi connectivity index (χ0) is 13.1. The Morgan fingerprint density at radius 2 is 1.94 bits per heavy atom. The van der Waals surface area contributed by atoms with Crippen LogP contribution < -0.4 is 5.32 Å². The van der Waals surface area contributed by atoms with Crippen molar-refractivity contribution < 1.29 is 10.2 Å². The summed E-state index contributed by atoms with van der Waals surface area (Å²) in [6, 6.07) is 5.02. The number of aliphatic hydroxyl groups is 2. The molecule has 0 aliphatic heterocycles. The molecule has 1 aromatic carbocycles. The van der Waals surface area contributed by atoms with Crippen molar-refractivity contribution in [2.45, 2.75) is 25.5 Å². The second-order valence-corrected chi connectivity index (χ2v) is 5.43. The van der Waals surface area contributed by atoms with Gasteiger partial charge in [0.2, 0.25) is 0 Å². The van der Waals surface area contributed by atoms with E-state index in [9.17, 15) is 5.11 Å². The van der Waals surface area contributed by atoms with Crippen LogP contribution in [-0.4, -0.2) is 28.9 Å². The summed E-state index contributed by atoms with van der Waals surface area (Å²) in [6.07, 6.45) is -0.685. The molecule has 0 spiro atoms. The van der Waals surface area contributed by atoms with Gasteiger partial charge in [-0.1, -0.05) is 29.3 Å². The number of hydrogen-bond acceptors (Lipinski definition) is 3. The van der Waals surface area contributed by atoms with Crippen LogP contribution in [0.5, 0.6) is 0 Å². The fourth-order valence-electron chi connectivity index (χ4n) is 1.27. The van der Waals surface area contributed by atoms with Crippen LogP contribution in [-0.2, 0) is 0 Å². The molecule has 0 aromatic heterocycles. The van der Waals surface area contributed by atoms with Crippen LogP contribution in [0.25, 0.3) is 0 Å². The molecular weight excluding hydrogens is 261 g/mol. The van der Waals surface area contributed by atoms with Crippen molar-refractivity contribution in [3.63, 3.8) is 0 Å². The molecule has 0 radical (unpaired) electrons. The van der Waals surface area contributed by atoms with Gasteiger partial charge in [0.1, 0.15) is 0 Å². The maximum atomic E-state index is 9.95. The fourth-order valence-corrected chi connectivity index (χ4v) is 1.57. The molecular formula is C12H17Cl2NO2. The van der Waals surface area contributed by atoms with Crippen molar-refractivity contribution >= 4 is 23.2 Å². The Kier molecular flexibility index (Phi) is 5.22. The van der Waals surface area contributed by atoms with Gasteiger partial charge in [-0.05, 0) is 31.5 Å². The highest BCUT2D eigenvalue weighted by atomic mass is 35.5. The Bertz CT molecular complexity index is 383. The molecule has 0 heterocycles. The molecule has 0 aliphatic carbocycles. The first-order valence-electron chi connectivity index (χ1n) is 5.34. The largest absolute Gasteiger partial charge is 0.394 e. The highest BCUT2D eigenvalue weighted by molar-refractivity contribution is 6.42. The monoisotopic (exact) mass is 277 g/mol. The van der Waals surface area contributed by atoms with Crippen LogP contribution in [0.15, 0.2) is 18.2 Å². The van der Waals surface area contributed by atoms with Crippen LogP contribution >= 0.6 is 23.2 Å². The van der Waals surface area contributed by atoms with Crippen LogP contribution in [0.3, 0.4) is 0 Å². The maximum Gasteiger partial charge on any atom is 0.0915 e. The van der Waals surface area contributed by atoms with Crippen LogP contribution in [0.1, 0.15) is 25.5 Å². The summed E-state index contributed by atoms with van der Waals surface area (Å²) in [5, 5.41) is 23.0. The number of halogens is 2. The van der Waals surface area contributed by atoms with Gasteiger partial charge in [-0.2, -0.15) is 0 Å². The lowest BCUT2D eigenvalue weighted by Gasteiger charge is -2.25. The third-order valence-corrected chi connectivity index (χ3v) is 3.24. The van der Waals surface area contributed by atoms with E-state index in [0.717, 1.165) is 0 Å². The summed E-state index contributed by atoms with van der Waals surface area (Å²) in [5.41, 5.74) is 0.276. The highest BCUT2D eigenvalue weighted by Crippen LogP contribution is 2.25. The molecule has 17 heavy (non-hydrogen) atoms. The molecule has 1 rings (SSSR count). The van der Waals surface area contributed by atoms with E-state index in [4.69, 9.17) is 28.3 Å². The average molecular weight is 278 g/mol. The first-order valence-corrected chi connectivity index (χ1v) is 6.10. The van der Waals surface area contributed by atoms with Crippen molar-refractivity contribution in [3.05, 3.63) is 33.8 Å². The molecule has 1 aromatic rings. The first kappa shape index (κ1) is 14.7. The van der Waals surface area contributed by atoms with Crippen LogP contribution in [0.2, 0.25) is 10.0 Å². The summed E-state index contributed by atoms with van der Waals surface area (Å²) in [6.45, 7) is 4.05.